The van der Waals surface area contributed by atoms with Gasteiger partial charge in [-0.1, -0.05) is 23.7 Å². The summed E-state index contributed by atoms with van der Waals surface area (Å²) in [7, 11) is -3.93. The molecule has 0 aromatic heterocycles. The number of hydrogen-bond donors (Lipinski definition) is 2. The third-order valence-corrected chi connectivity index (χ3v) is 8.24. The molecular formula is C23H28ClN3O5S. The van der Waals surface area contributed by atoms with E-state index in [1.54, 1.807) is 42.2 Å². The zero-order valence-corrected chi connectivity index (χ0v) is 20.0. The lowest BCUT2D eigenvalue weighted by atomic mass is 9.98. The summed E-state index contributed by atoms with van der Waals surface area (Å²) in [6.07, 6.45) is 1.99. The summed E-state index contributed by atoms with van der Waals surface area (Å²) in [5, 5.41) is 11.5. The Balaban J connectivity index is 1.44. The first kappa shape index (κ1) is 23.9. The monoisotopic (exact) mass is 493 g/mol. The van der Waals surface area contributed by atoms with Crippen LogP contribution >= 0.6 is 11.6 Å². The molecule has 4 rings (SSSR count). The molecule has 8 nitrogen and oxygen atoms in total. The van der Waals surface area contributed by atoms with Crippen LogP contribution in [0.15, 0.2) is 41.3 Å². The molecule has 2 saturated heterocycles. The predicted octanol–water partition coefficient (Wildman–Crippen LogP) is 1.99. The summed E-state index contributed by atoms with van der Waals surface area (Å²) in [4.78, 5) is 29.1. The first-order valence-corrected chi connectivity index (χ1v) is 13.0. The summed E-state index contributed by atoms with van der Waals surface area (Å²) in [6.45, 7) is 3.09. The number of benzene rings is 2. The van der Waals surface area contributed by atoms with E-state index in [0.29, 0.717) is 24.7 Å². The van der Waals surface area contributed by atoms with Gasteiger partial charge in [-0.25, -0.2) is 8.42 Å². The highest BCUT2D eigenvalue weighted by atomic mass is 35.5. The van der Waals surface area contributed by atoms with Crippen molar-refractivity contribution in [3.8, 4) is 0 Å². The molecule has 0 spiro atoms. The highest BCUT2D eigenvalue weighted by Gasteiger charge is 2.40. The van der Waals surface area contributed by atoms with Crippen LogP contribution in [0.2, 0.25) is 5.02 Å². The van der Waals surface area contributed by atoms with Crippen LogP contribution in [0.5, 0.6) is 0 Å². The van der Waals surface area contributed by atoms with Crippen molar-refractivity contribution in [3.63, 3.8) is 0 Å². The standard InChI is InChI=1S/C23H28ClN3O5S/c1-15(22(29)26-9-2-3-16(13-26)14-28)27-10-8-21(23(27)30)25-33(31,32)20-7-5-17-11-19(24)6-4-18(17)12-20/h4-7,11-12,15-16,21,25,28H,2-3,8-10,13-14H2,1H3/t15-,16?,21+/m1/s1. The first-order chi connectivity index (χ1) is 15.7. The van der Waals surface area contributed by atoms with E-state index < -0.39 is 28.0 Å². The van der Waals surface area contributed by atoms with Crippen molar-refractivity contribution >= 4 is 44.2 Å². The number of hydrogen-bond acceptors (Lipinski definition) is 5. The molecule has 2 aliphatic heterocycles. The van der Waals surface area contributed by atoms with Gasteiger partial charge in [-0.05, 0) is 67.1 Å². The molecule has 2 N–H and O–H groups in total. The minimum Gasteiger partial charge on any atom is -0.396 e. The number of sulfonamides is 1. The van der Waals surface area contributed by atoms with E-state index in [0.717, 1.165) is 23.6 Å². The van der Waals surface area contributed by atoms with Crippen LogP contribution < -0.4 is 4.72 Å². The van der Waals surface area contributed by atoms with E-state index >= 15 is 0 Å². The van der Waals surface area contributed by atoms with Crippen LogP contribution in [0.3, 0.4) is 0 Å². The summed E-state index contributed by atoms with van der Waals surface area (Å²) in [6, 6.07) is 8.29. The second-order valence-corrected chi connectivity index (χ2v) is 10.9. The molecule has 2 fully saturated rings. The largest absolute Gasteiger partial charge is 0.396 e. The molecule has 0 bridgehead atoms. The Labute approximate surface area is 198 Å². The maximum atomic E-state index is 13.0. The highest BCUT2D eigenvalue weighted by Crippen LogP contribution is 2.25. The minimum absolute atomic E-state index is 0.0342. The summed E-state index contributed by atoms with van der Waals surface area (Å²) >= 11 is 5.99. The number of carbonyl (C=O) groups excluding carboxylic acids is 2. The van der Waals surface area contributed by atoms with E-state index in [1.807, 2.05) is 0 Å². The van der Waals surface area contributed by atoms with Crippen molar-refractivity contribution in [2.24, 2.45) is 5.92 Å². The lowest BCUT2D eigenvalue weighted by Gasteiger charge is -2.35. The fourth-order valence-corrected chi connectivity index (χ4v) is 6.06. The lowest BCUT2D eigenvalue weighted by Crippen LogP contribution is -2.52. The number of likely N-dealkylation sites (tertiary alicyclic amines) is 2. The topological polar surface area (TPSA) is 107 Å². The number of aliphatic hydroxyl groups is 1. The molecule has 33 heavy (non-hydrogen) atoms. The molecule has 3 atom stereocenters. The second kappa shape index (κ2) is 9.58. The van der Waals surface area contributed by atoms with E-state index in [-0.39, 0.29) is 29.7 Å². The molecule has 0 saturated carbocycles. The van der Waals surface area contributed by atoms with Crippen LogP contribution in [0.25, 0.3) is 10.8 Å². The number of halogens is 1. The Kier molecular flexibility index (Phi) is 6.95. The molecule has 2 aromatic rings. The van der Waals surface area contributed by atoms with Crippen molar-refractivity contribution in [2.45, 2.75) is 43.2 Å². The third kappa shape index (κ3) is 5.01. The Morgan fingerprint density at radius 3 is 2.67 bits per heavy atom. The highest BCUT2D eigenvalue weighted by molar-refractivity contribution is 7.89. The van der Waals surface area contributed by atoms with Crippen molar-refractivity contribution in [1.29, 1.82) is 0 Å². The summed E-state index contributed by atoms with van der Waals surface area (Å²) in [5.41, 5.74) is 0. The molecule has 0 aliphatic carbocycles. The van der Waals surface area contributed by atoms with Gasteiger partial charge >= 0.3 is 0 Å². The molecule has 2 amide bonds. The number of aliphatic hydroxyl groups excluding tert-OH is 1. The zero-order valence-electron chi connectivity index (χ0n) is 18.4. The molecular weight excluding hydrogens is 466 g/mol. The van der Waals surface area contributed by atoms with Crippen LogP contribution in [0.1, 0.15) is 26.2 Å². The van der Waals surface area contributed by atoms with Gasteiger partial charge in [0.2, 0.25) is 21.8 Å². The fourth-order valence-electron chi connectivity index (χ4n) is 4.62. The van der Waals surface area contributed by atoms with Crippen molar-refractivity contribution in [3.05, 3.63) is 41.4 Å². The smallest absolute Gasteiger partial charge is 0.245 e. The van der Waals surface area contributed by atoms with Gasteiger partial charge in [0.15, 0.2) is 0 Å². The molecule has 1 unspecified atom stereocenters. The van der Waals surface area contributed by atoms with E-state index in [1.165, 1.54) is 11.0 Å². The van der Waals surface area contributed by atoms with E-state index in [4.69, 9.17) is 11.6 Å². The van der Waals surface area contributed by atoms with Gasteiger partial charge in [0.05, 0.1) is 4.90 Å². The number of nitrogens with zero attached hydrogens (tertiary/aromatic N) is 2. The fraction of sp³-hybridized carbons (Fsp3) is 0.478. The number of amides is 2. The normalized spacial score (nSPS) is 22.7. The van der Waals surface area contributed by atoms with Crippen molar-refractivity contribution < 1.29 is 23.1 Å². The second-order valence-electron chi connectivity index (χ2n) is 8.80. The predicted molar refractivity (Wildman–Crippen MR) is 125 cm³/mol. The Bertz CT molecular complexity index is 1170. The number of nitrogens with one attached hydrogen (secondary N) is 1. The average Bonchev–Trinajstić information content (AvgIpc) is 3.16. The molecule has 2 aliphatic rings. The molecule has 0 radical (unpaired) electrons. The SMILES string of the molecule is C[C@H](C(=O)N1CCCC(CO)C1)N1CC[C@H](NS(=O)(=O)c2ccc3cc(Cl)ccc3c2)C1=O. The third-order valence-electron chi connectivity index (χ3n) is 6.54. The van der Waals surface area contributed by atoms with Crippen molar-refractivity contribution in [1.82, 2.24) is 14.5 Å². The van der Waals surface area contributed by atoms with E-state index in [2.05, 4.69) is 4.72 Å². The Morgan fingerprint density at radius 1 is 1.18 bits per heavy atom. The van der Waals surface area contributed by atoms with Gasteiger partial charge in [-0.15, -0.1) is 0 Å². The quantitative estimate of drug-likeness (QED) is 0.640. The van der Waals surface area contributed by atoms with Gasteiger partial charge in [0.1, 0.15) is 12.1 Å². The Hall–Kier alpha value is -2.20. The van der Waals surface area contributed by atoms with E-state index in [9.17, 15) is 23.1 Å². The van der Waals surface area contributed by atoms with Crippen molar-refractivity contribution in [2.75, 3.05) is 26.2 Å². The molecule has 2 aromatic carbocycles. The van der Waals surface area contributed by atoms with Crippen LogP contribution in [-0.2, 0) is 19.6 Å². The number of fused-ring (bicyclic) bond motifs is 1. The minimum atomic E-state index is -3.93. The van der Waals surface area contributed by atoms with Crippen LogP contribution in [0.4, 0.5) is 0 Å². The number of rotatable bonds is 6. The maximum absolute atomic E-state index is 13.0. The maximum Gasteiger partial charge on any atom is 0.245 e. The zero-order chi connectivity index (χ0) is 23.8. The van der Waals surface area contributed by atoms with Gasteiger partial charge in [-0.3, -0.25) is 9.59 Å². The van der Waals surface area contributed by atoms with Gasteiger partial charge in [0, 0.05) is 31.3 Å². The van der Waals surface area contributed by atoms with Crippen LogP contribution in [0, 0.1) is 5.92 Å². The molecule has 178 valence electrons. The summed E-state index contributed by atoms with van der Waals surface area (Å²) in [5.74, 6) is -0.511. The van der Waals surface area contributed by atoms with Gasteiger partial charge < -0.3 is 14.9 Å². The van der Waals surface area contributed by atoms with Crippen LogP contribution in [-0.4, -0.2) is 73.5 Å². The summed E-state index contributed by atoms with van der Waals surface area (Å²) < 4.78 is 28.4. The van der Waals surface area contributed by atoms with Gasteiger partial charge in [0.25, 0.3) is 0 Å². The average molecular weight is 494 g/mol. The first-order valence-electron chi connectivity index (χ1n) is 11.1. The van der Waals surface area contributed by atoms with Gasteiger partial charge in [-0.2, -0.15) is 4.72 Å². The Morgan fingerprint density at radius 2 is 1.91 bits per heavy atom. The molecule has 2 heterocycles. The lowest BCUT2D eigenvalue weighted by molar-refractivity contribution is -0.144. The number of carbonyl (C=O) groups is 2. The molecule has 10 heteroatoms. The number of piperidine rings is 1.